The number of ether oxygens (including phenoxy) is 1. The van der Waals surface area contributed by atoms with Crippen LogP contribution < -0.4 is 15.5 Å². The van der Waals surface area contributed by atoms with Crippen molar-refractivity contribution >= 4 is 45.5 Å². The molecule has 0 saturated carbocycles. The van der Waals surface area contributed by atoms with Gasteiger partial charge in [-0.3, -0.25) is 4.79 Å². The second kappa shape index (κ2) is 10.1. The van der Waals surface area contributed by atoms with Crippen LogP contribution in [0.15, 0.2) is 35.2 Å². The molecule has 7 nitrogen and oxygen atoms in total. The number of benzene rings is 1. The molecule has 1 aliphatic heterocycles. The molecule has 3 rings (SSSR count). The number of thioether (sulfide) groups is 1. The standard InChI is InChI=1S/C18H20F3N5O2S2/c1-2-5-22-16-24-25-17(30-16)29-11-15(27)23-13-10-12(18(19,20)21)3-4-14(13)26-6-8-28-9-7-26/h2-4,10H,1,5-9,11H2,(H,22,24)(H,23,27). The van der Waals surface area contributed by atoms with E-state index in [2.05, 4.69) is 27.4 Å². The van der Waals surface area contributed by atoms with Crippen molar-refractivity contribution in [1.29, 1.82) is 0 Å². The predicted octanol–water partition coefficient (Wildman–Crippen LogP) is 3.72. The number of hydrogen-bond donors (Lipinski definition) is 2. The normalized spacial score (nSPS) is 14.4. The Hall–Kier alpha value is -2.31. The van der Waals surface area contributed by atoms with Crippen LogP contribution in [0.2, 0.25) is 0 Å². The van der Waals surface area contributed by atoms with Crippen LogP contribution in [0.5, 0.6) is 0 Å². The van der Waals surface area contributed by atoms with Crippen molar-refractivity contribution in [2.75, 3.05) is 54.1 Å². The fourth-order valence-corrected chi connectivity index (χ4v) is 4.26. The van der Waals surface area contributed by atoms with E-state index >= 15 is 0 Å². The first-order chi connectivity index (χ1) is 14.4. The molecule has 162 valence electrons. The van der Waals surface area contributed by atoms with Crippen molar-refractivity contribution in [2.24, 2.45) is 0 Å². The molecule has 0 aliphatic carbocycles. The van der Waals surface area contributed by atoms with Crippen LogP contribution in [0.25, 0.3) is 0 Å². The summed E-state index contributed by atoms with van der Waals surface area (Å²) in [4.78, 5) is 14.3. The Kier molecular flexibility index (Phi) is 7.56. The molecule has 0 bridgehead atoms. The molecule has 0 spiro atoms. The number of rotatable bonds is 8. The van der Waals surface area contributed by atoms with Crippen LogP contribution in [0.3, 0.4) is 0 Å². The van der Waals surface area contributed by atoms with Gasteiger partial charge < -0.3 is 20.3 Å². The number of carbonyl (C=O) groups excluding carboxylic acids is 1. The molecule has 2 heterocycles. The van der Waals surface area contributed by atoms with Crippen molar-refractivity contribution in [1.82, 2.24) is 10.2 Å². The highest BCUT2D eigenvalue weighted by molar-refractivity contribution is 8.01. The SMILES string of the molecule is C=CCNc1nnc(SCC(=O)Nc2cc(C(F)(F)F)ccc2N2CCOCC2)s1. The Labute approximate surface area is 179 Å². The van der Waals surface area contributed by atoms with E-state index in [9.17, 15) is 18.0 Å². The van der Waals surface area contributed by atoms with Gasteiger partial charge in [-0.15, -0.1) is 16.8 Å². The monoisotopic (exact) mass is 459 g/mol. The molecule has 1 amide bonds. The van der Waals surface area contributed by atoms with Gasteiger partial charge in [0.1, 0.15) is 0 Å². The van der Waals surface area contributed by atoms with E-state index in [1.54, 1.807) is 6.08 Å². The smallest absolute Gasteiger partial charge is 0.378 e. The maximum Gasteiger partial charge on any atom is 0.416 e. The lowest BCUT2D eigenvalue weighted by molar-refractivity contribution is -0.137. The van der Waals surface area contributed by atoms with E-state index in [1.807, 2.05) is 4.90 Å². The maximum atomic E-state index is 13.2. The van der Waals surface area contributed by atoms with E-state index < -0.39 is 17.6 Å². The van der Waals surface area contributed by atoms with Crippen molar-refractivity contribution in [3.63, 3.8) is 0 Å². The van der Waals surface area contributed by atoms with E-state index in [-0.39, 0.29) is 11.4 Å². The van der Waals surface area contributed by atoms with Gasteiger partial charge in [0.15, 0.2) is 4.34 Å². The molecule has 2 aromatic rings. The first-order valence-corrected chi connectivity index (χ1v) is 10.8. The molecule has 2 N–H and O–H groups in total. The van der Waals surface area contributed by atoms with Gasteiger partial charge in [0, 0.05) is 19.6 Å². The Balaban J connectivity index is 1.69. The van der Waals surface area contributed by atoms with Gasteiger partial charge in [-0.2, -0.15) is 13.2 Å². The minimum Gasteiger partial charge on any atom is -0.378 e. The van der Waals surface area contributed by atoms with E-state index in [0.29, 0.717) is 48.0 Å². The molecule has 1 aromatic heterocycles. The van der Waals surface area contributed by atoms with Gasteiger partial charge in [-0.1, -0.05) is 29.2 Å². The van der Waals surface area contributed by atoms with E-state index in [4.69, 9.17) is 4.74 Å². The first-order valence-electron chi connectivity index (χ1n) is 9.01. The number of morpholine rings is 1. The first kappa shape index (κ1) is 22.4. The third kappa shape index (κ3) is 6.09. The fourth-order valence-electron chi connectivity index (χ4n) is 2.71. The number of hydrogen-bond acceptors (Lipinski definition) is 8. The van der Waals surface area contributed by atoms with Gasteiger partial charge in [0.2, 0.25) is 11.0 Å². The molecule has 0 radical (unpaired) electrons. The number of amides is 1. The fraction of sp³-hybridized carbons (Fsp3) is 0.389. The summed E-state index contributed by atoms with van der Waals surface area (Å²) in [6.45, 7) is 6.16. The number of halogens is 3. The minimum absolute atomic E-state index is 0.00507. The highest BCUT2D eigenvalue weighted by atomic mass is 32.2. The van der Waals surface area contributed by atoms with Crippen LogP contribution in [0.1, 0.15) is 5.56 Å². The summed E-state index contributed by atoms with van der Waals surface area (Å²) < 4.78 is 45.4. The third-order valence-corrected chi connectivity index (χ3v) is 6.09. The van der Waals surface area contributed by atoms with Crippen LogP contribution in [0.4, 0.5) is 29.7 Å². The van der Waals surface area contributed by atoms with Crippen LogP contribution in [0, 0.1) is 0 Å². The Morgan fingerprint density at radius 3 is 2.80 bits per heavy atom. The Morgan fingerprint density at radius 1 is 1.33 bits per heavy atom. The minimum atomic E-state index is -4.50. The van der Waals surface area contributed by atoms with Gasteiger partial charge in [-0.25, -0.2) is 0 Å². The van der Waals surface area contributed by atoms with Crippen LogP contribution in [-0.2, 0) is 15.7 Å². The summed E-state index contributed by atoms with van der Waals surface area (Å²) >= 11 is 2.45. The molecular formula is C18H20F3N5O2S2. The van der Waals surface area contributed by atoms with Crippen LogP contribution >= 0.6 is 23.1 Å². The number of alkyl halides is 3. The lowest BCUT2D eigenvalue weighted by Gasteiger charge is -2.31. The average molecular weight is 460 g/mol. The number of nitrogens with one attached hydrogen (secondary N) is 2. The summed E-state index contributed by atoms with van der Waals surface area (Å²) in [5, 5.41) is 14.1. The molecule has 1 fully saturated rings. The summed E-state index contributed by atoms with van der Waals surface area (Å²) in [6, 6.07) is 3.38. The zero-order valence-corrected chi connectivity index (χ0v) is 17.5. The maximum absolute atomic E-state index is 13.2. The second-order valence-electron chi connectivity index (χ2n) is 6.21. The number of aromatic nitrogens is 2. The molecule has 0 unspecified atom stereocenters. The molecule has 1 aliphatic rings. The number of nitrogens with zero attached hydrogens (tertiary/aromatic N) is 3. The highest BCUT2D eigenvalue weighted by Gasteiger charge is 2.32. The summed E-state index contributed by atoms with van der Waals surface area (Å²) in [7, 11) is 0. The van der Waals surface area contributed by atoms with Crippen molar-refractivity contribution in [3.05, 3.63) is 36.4 Å². The Morgan fingerprint density at radius 2 is 2.10 bits per heavy atom. The molecule has 1 aromatic carbocycles. The molecule has 0 atom stereocenters. The quantitative estimate of drug-likeness (QED) is 0.460. The predicted molar refractivity (Wildman–Crippen MR) is 112 cm³/mol. The third-order valence-electron chi connectivity index (χ3n) is 4.08. The van der Waals surface area contributed by atoms with Crippen molar-refractivity contribution in [2.45, 2.75) is 10.5 Å². The lowest BCUT2D eigenvalue weighted by Crippen LogP contribution is -2.37. The number of carbonyl (C=O) groups is 1. The highest BCUT2D eigenvalue weighted by Crippen LogP contribution is 2.36. The average Bonchev–Trinajstić information content (AvgIpc) is 3.18. The zero-order valence-electron chi connectivity index (χ0n) is 15.9. The topological polar surface area (TPSA) is 79.4 Å². The largest absolute Gasteiger partial charge is 0.416 e. The van der Waals surface area contributed by atoms with E-state index in [0.717, 1.165) is 23.9 Å². The molecule has 30 heavy (non-hydrogen) atoms. The van der Waals surface area contributed by atoms with Gasteiger partial charge >= 0.3 is 6.18 Å². The molecular weight excluding hydrogens is 439 g/mol. The van der Waals surface area contributed by atoms with Crippen molar-refractivity contribution < 1.29 is 22.7 Å². The van der Waals surface area contributed by atoms with Crippen LogP contribution in [-0.4, -0.2) is 54.7 Å². The number of anilines is 3. The molecule has 12 heteroatoms. The molecule has 1 saturated heterocycles. The second-order valence-corrected chi connectivity index (χ2v) is 8.41. The Bertz CT molecular complexity index is 885. The lowest BCUT2D eigenvalue weighted by atomic mass is 10.1. The van der Waals surface area contributed by atoms with Crippen molar-refractivity contribution in [3.8, 4) is 0 Å². The van der Waals surface area contributed by atoms with Gasteiger partial charge in [-0.05, 0) is 18.2 Å². The van der Waals surface area contributed by atoms with Gasteiger partial charge in [0.25, 0.3) is 0 Å². The van der Waals surface area contributed by atoms with E-state index in [1.165, 1.54) is 17.4 Å². The summed E-state index contributed by atoms with van der Waals surface area (Å²) in [5.74, 6) is -0.431. The summed E-state index contributed by atoms with van der Waals surface area (Å²) in [6.07, 6.45) is -2.82. The van der Waals surface area contributed by atoms with Gasteiger partial charge in [0.05, 0.1) is 35.9 Å². The summed E-state index contributed by atoms with van der Waals surface area (Å²) in [5.41, 5.74) is -0.149. The zero-order chi connectivity index (χ0) is 21.6.